The van der Waals surface area contributed by atoms with Gasteiger partial charge in [-0.05, 0) is 31.0 Å². The molecule has 1 aromatic carbocycles. The minimum Gasteiger partial charge on any atom is -0.314 e. The van der Waals surface area contributed by atoms with E-state index in [0.717, 1.165) is 44.1 Å². The molecule has 0 amide bonds. The van der Waals surface area contributed by atoms with Crippen molar-refractivity contribution in [2.75, 3.05) is 7.05 Å². The predicted octanol–water partition coefficient (Wildman–Crippen LogP) is 1.96. The van der Waals surface area contributed by atoms with Gasteiger partial charge in [0.15, 0.2) is 0 Å². The van der Waals surface area contributed by atoms with Crippen LogP contribution in [0.5, 0.6) is 0 Å². The monoisotopic (exact) mass is 338 g/mol. The first-order valence-electron chi connectivity index (χ1n) is 7.61. The van der Waals surface area contributed by atoms with Gasteiger partial charge in [-0.3, -0.25) is 0 Å². The highest BCUT2D eigenvalue weighted by Gasteiger charge is 2.24. The molecule has 6 nitrogen and oxygen atoms in total. The average Bonchev–Trinajstić information content (AvgIpc) is 2.75. The van der Waals surface area contributed by atoms with Crippen LogP contribution in [0.15, 0.2) is 29.2 Å². The number of fused-ring (bicyclic) bond motifs is 1. The van der Waals surface area contributed by atoms with Crippen LogP contribution < -0.4 is 0 Å². The maximum absolute atomic E-state index is 13.3. The van der Waals surface area contributed by atoms with Crippen LogP contribution in [0.2, 0.25) is 0 Å². The molecule has 0 aliphatic carbocycles. The fourth-order valence-electron chi connectivity index (χ4n) is 2.75. The van der Waals surface area contributed by atoms with Gasteiger partial charge in [0.05, 0.1) is 11.4 Å². The van der Waals surface area contributed by atoms with E-state index in [2.05, 4.69) is 10.2 Å². The van der Waals surface area contributed by atoms with Gasteiger partial charge >= 0.3 is 0 Å². The van der Waals surface area contributed by atoms with Crippen LogP contribution in [0, 0.1) is 5.82 Å². The van der Waals surface area contributed by atoms with E-state index in [-0.39, 0.29) is 11.4 Å². The molecule has 0 bridgehead atoms. The van der Waals surface area contributed by atoms with Gasteiger partial charge in [-0.25, -0.2) is 12.8 Å². The Morgan fingerprint density at radius 1 is 1.26 bits per heavy atom. The number of halogens is 1. The lowest BCUT2D eigenvalue weighted by Gasteiger charge is -2.17. The second kappa shape index (κ2) is 6.37. The van der Waals surface area contributed by atoms with Crippen molar-refractivity contribution in [1.29, 1.82) is 0 Å². The van der Waals surface area contributed by atoms with E-state index in [9.17, 15) is 12.8 Å². The second-order valence-electron chi connectivity index (χ2n) is 5.71. The van der Waals surface area contributed by atoms with E-state index in [4.69, 9.17) is 0 Å². The minimum atomic E-state index is -3.76. The molecule has 0 saturated carbocycles. The van der Waals surface area contributed by atoms with Crippen molar-refractivity contribution in [3.05, 3.63) is 41.7 Å². The summed E-state index contributed by atoms with van der Waals surface area (Å²) in [7, 11) is -2.29. The molecule has 0 N–H and O–H groups in total. The van der Waals surface area contributed by atoms with E-state index in [1.807, 2.05) is 4.57 Å². The number of nitrogens with zero attached hydrogens (tertiary/aromatic N) is 4. The van der Waals surface area contributed by atoms with E-state index in [0.29, 0.717) is 5.82 Å². The normalized spacial score (nSPS) is 15.4. The molecule has 1 aliphatic rings. The largest absolute Gasteiger partial charge is 0.314 e. The molecule has 3 rings (SSSR count). The molecule has 1 aliphatic heterocycles. The number of rotatable bonds is 4. The van der Waals surface area contributed by atoms with Gasteiger partial charge in [-0.15, -0.1) is 10.2 Å². The van der Waals surface area contributed by atoms with Crippen LogP contribution in [-0.2, 0) is 29.5 Å². The summed E-state index contributed by atoms with van der Waals surface area (Å²) in [5.74, 6) is 0.967. The lowest BCUT2D eigenvalue weighted by molar-refractivity contribution is 0.442. The Morgan fingerprint density at radius 3 is 2.87 bits per heavy atom. The minimum absolute atomic E-state index is 0.0596. The highest BCUT2D eigenvalue weighted by Crippen LogP contribution is 2.19. The fraction of sp³-hybridized carbons (Fsp3) is 0.467. The smallest absolute Gasteiger partial charge is 0.243 e. The Hall–Kier alpha value is -1.80. The summed E-state index contributed by atoms with van der Waals surface area (Å²) in [6, 6.07) is 5.02. The van der Waals surface area contributed by atoms with Crippen molar-refractivity contribution in [2.45, 2.75) is 43.7 Å². The zero-order chi connectivity index (χ0) is 16.4. The SMILES string of the molecule is CN(Cc1nnc2n1CCCCC2)S(=O)(=O)c1cccc(F)c1. The Kier molecular flexibility index (Phi) is 4.45. The van der Waals surface area contributed by atoms with Crippen molar-refractivity contribution in [2.24, 2.45) is 0 Å². The summed E-state index contributed by atoms with van der Waals surface area (Å²) in [5, 5.41) is 8.31. The zero-order valence-electron chi connectivity index (χ0n) is 12.9. The molecule has 0 atom stereocenters. The fourth-order valence-corrected chi connectivity index (χ4v) is 3.91. The molecule has 0 spiro atoms. The van der Waals surface area contributed by atoms with Crippen molar-refractivity contribution < 1.29 is 12.8 Å². The van der Waals surface area contributed by atoms with Crippen LogP contribution in [0.25, 0.3) is 0 Å². The first-order chi connectivity index (χ1) is 11.0. The topological polar surface area (TPSA) is 68.1 Å². The molecule has 0 saturated heterocycles. The second-order valence-corrected chi connectivity index (χ2v) is 7.76. The maximum Gasteiger partial charge on any atom is 0.243 e. The molecule has 23 heavy (non-hydrogen) atoms. The summed E-state index contributed by atoms with van der Waals surface area (Å²) >= 11 is 0. The van der Waals surface area contributed by atoms with E-state index in [1.54, 1.807) is 0 Å². The van der Waals surface area contributed by atoms with Crippen LogP contribution >= 0.6 is 0 Å². The number of aryl methyl sites for hydroxylation is 1. The molecule has 2 aromatic rings. The quantitative estimate of drug-likeness (QED) is 0.855. The van der Waals surface area contributed by atoms with Gasteiger partial charge in [0.25, 0.3) is 0 Å². The Labute approximate surface area is 135 Å². The first kappa shape index (κ1) is 16.1. The molecule has 124 valence electrons. The Bertz CT molecular complexity index is 804. The third-order valence-corrected chi connectivity index (χ3v) is 5.85. The molecular weight excluding hydrogens is 319 g/mol. The summed E-state index contributed by atoms with van der Waals surface area (Å²) in [4.78, 5) is -0.0596. The van der Waals surface area contributed by atoms with E-state index < -0.39 is 15.8 Å². The summed E-state index contributed by atoms with van der Waals surface area (Å²) < 4.78 is 41.6. The van der Waals surface area contributed by atoms with Crippen molar-refractivity contribution in [1.82, 2.24) is 19.1 Å². The Balaban J connectivity index is 1.84. The molecule has 8 heteroatoms. The van der Waals surface area contributed by atoms with Crippen LogP contribution in [0.1, 0.15) is 30.9 Å². The third kappa shape index (κ3) is 3.28. The van der Waals surface area contributed by atoms with Gasteiger partial charge in [-0.2, -0.15) is 4.31 Å². The molecule has 0 unspecified atom stereocenters. The predicted molar refractivity (Wildman–Crippen MR) is 82.6 cm³/mol. The van der Waals surface area contributed by atoms with Crippen LogP contribution in [-0.4, -0.2) is 34.5 Å². The van der Waals surface area contributed by atoms with Crippen molar-refractivity contribution >= 4 is 10.0 Å². The Morgan fingerprint density at radius 2 is 2.09 bits per heavy atom. The summed E-state index contributed by atoms with van der Waals surface area (Å²) in [6.07, 6.45) is 4.13. The van der Waals surface area contributed by atoms with Gasteiger partial charge < -0.3 is 4.57 Å². The average molecular weight is 338 g/mol. The van der Waals surface area contributed by atoms with Gasteiger partial charge in [0, 0.05) is 20.0 Å². The number of benzene rings is 1. The maximum atomic E-state index is 13.3. The third-order valence-electron chi connectivity index (χ3n) is 4.05. The van der Waals surface area contributed by atoms with E-state index >= 15 is 0 Å². The summed E-state index contributed by atoms with van der Waals surface area (Å²) in [6.45, 7) is 0.928. The zero-order valence-corrected chi connectivity index (χ0v) is 13.8. The van der Waals surface area contributed by atoms with Crippen molar-refractivity contribution in [3.8, 4) is 0 Å². The van der Waals surface area contributed by atoms with Gasteiger partial charge in [0.2, 0.25) is 10.0 Å². The molecule has 0 radical (unpaired) electrons. The number of sulfonamides is 1. The van der Waals surface area contributed by atoms with Gasteiger partial charge in [-0.1, -0.05) is 12.5 Å². The molecular formula is C15H19FN4O2S. The molecule has 0 fully saturated rings. The molecule has 2 heterocycles. The lowest BCUT2D eigenvalue weighted by atomic mass is 10.2. The van der Waals surface area contributed by atoms with Crippen molar-refractivity contribution in [3.63, 3.8) is 0 Å². The molecule has 1 aromatic heterocycles. The van der Waals surface area contributed by atoms with Gasteiger partial charge in [0.1, 0.15) is 17.5 Å². The highest BCUT2D eigenvalue weighted by molar-refractivity contribution is 7.89. The highest BCUT2D eigenvalue weighted by atomic mass is 32.2. The first-order valence-corrected chi connectivity index (χ1v) is 9.05. The number of hydrogen-bond acceptors (Lipinski definition) is 4. The number of hydrogen-bond donors (Lipinski definition) is 0. The standard InChI is InChI=1S/C15H19FN4O2S/c1-19(23(21,22)13-7-5-6-12(16)10-13)11-15-18-17-14-8-3-2-4-9-20(14)15/h5-7,10H,2-4,8-9,11H2,1H3. The number of aromatic nitrogens is 3. The van der Waals surface area contributed by atoms with E-state index in [1.165, 1.54) is 29.6 Å². The lowest BCUT2D eigenvalue weighted by Crippen LogP contribution is -2.28. The van der Waals surface area contributed by atoms with Crippen LogP contribution in [0.4, 0.5) is 4.39 Å². The van der Waals surface area contributed by atoms with Crippen LogP contribution in [0.3, 0.4) is 0 Å². The summed E-state index contributed by atoms with van der Waals surface area (Å²) in [5.41, 5.74) is 0.